The van der Waals surface area contributed by atoms with E-state index in [2.05, 4.69) is 46.3 Å². The number of hydrogen-bond donors (Lipinski definition) is 1. The Bertz CT molecular complexity index is 385. The van der Waals surface area contributed by atoms with Crippen LogP contribution in [0.1, 0.15) is 19.8 Å². The van der Waals surface area contributed by atoms with Crippen molar-refractivity contribution in [2.24, 2.45) is 0 Å². The first-order chi connectivity index (χ1) is 8.40. The van der Waals surface area contributed by atoms with Crippen molar-refractivity contribution in [2.75, 3.05) is 36.1 Å². The summed E-state index contributed by atoms with van der Waals surface area (Å²) in [7, 11) is 0. The number of anilines is 2. The van der Waals surface area contributed by atoms with Gasteiger partial charge in [0.25, 0.3) is 0 Å². The van der Waals surface area contributed by atoms with Crippen LogP contribution in [0, 0.1) is 0 Å². The number of nitrogens with zero attached hydrogens (tertiary/aromatic N) is 2. The third-order valence-electron chi connectivity index (χ3n) is 3.99. The first-order valence-corrected chi connectivity index (χ1v) is 6.71. The molecule has 0 unspecified atom stereocenters. The standard InChI is InChI=1S/C14H21N3/c1-2-16-11-17(12-7-9-15-10-8-12)14-6-4-3-5-13(14)16/h3-6,12,15H,2,7-11H2,1H3. The lowest BCUT2D eigenvalue weighted by molar-refractivity contribution is 0.434. The zero-order valence-electron chi connectivity index (χ0n) is 10.5. The molecule has 3 rings (SSSR count). The van der Waals surface area contributed by atoms with Crippen LogP contribution in [0.4, 0.5) is 11.4 Å². The van der Waals surface area contributed by atoms with E-state index in [0.717, 1.165) is 26.3 Å². The van der Waals surface area contributed by atoms with Crippen LogP contribution < -0.4 is 15.1 Å². The second kappa shape index (κ2) is 4.57. The highest BCUT2D eigenvalue weighted by atomic mass is 15.4. The number of fused-ring (bicyclic) bond motifs is 1. The minimum Gasteiger partial charge on any atom is -0.352 e. The van der Waals surface area contributed by atoms with Gasteiger partial charge in [0, 0.05) is 12.6 Å². The summed E-state index contributed by atoms with van der Waals surface area (Å²) in [4.78, 5) is 5.07. The fourth-order valence-corrected chi connectivity index (χ4v) is 3.01. The number of rotatable bonds is 2. The maximum absolute atomic E-state index is 3.45. The molecule has 1 aromatic carbocycles. The predicted molar refractivity (Wildman–Crippen MR) is 72.7 cm³/mol. The summed E-state index contributed by atoms with van der Waals surface area (Å²) in [6.07, 6.45) is 2.54. The Labute approximate surface area is 103 Å². The Morgan fingerprint density at radius 1 is 1.18 bits per heavy atom. The number of nitrogens with one attached hydrogen (secondary N) is 1. The van der Waals surface area contributed by atoms with Gasteiger partial charge in [-0.3, -0.25) is 0 Å². The van der Waals surface area contributed by atoms with E-state index in [1.807, 2.05) is 0 Å². The molecular formula is C14H21N3. The van der Waals surface area contributed by atoms with Crippen molar-refractivity contribution in [1.82, 2.24) is 5.32 Å². The smallest absolute Gasteiger partial charge is 0.0906 e. The number of benzene rings is 1. The molecule has 0 spiro atoms. The van der Waals surface area contributed by atoms with Gasteiger partial charge in [0.05, 0.1) is 18.0 Å². The Morgan fingerprint density at radius 2 is 1.88 bits per heavy atom. The second-order valence-corrected chi connectivity index (χ2v) is 4.94. The van der Waals surface area contributed by atoms with Crippen LogP contribution in [0.2, 0.25) is 0 Å². The maximum atomic E-state index is 3.45. The van der Waals surface area contributed by atoms with Crippen LogP contribution >= 0.6 is 0 Å². The van der Waals surface area contributed by atoms with Crippen molar-refractivity contribution >= 4 is 11.4 Å². The van der Waals surface area contributed by atoms with E-state index in [1.165, 1.54) is 24.2 Å². The molecule has 17 heavy (non-hydrogen) atoms. The van der Waals surface area contributed by atoms with E-state index < -0.39 is 0 Å². The highest BCUT2D eigenvalue weighted by molar-refractivity contribution is 5.76. The Kier molecular flexibility index (Phi) is 2.93. The highest BCUT2D eigenvalue weighted by Crippen LogP contribution is 2.37. The number of hydrogen-bond acceptors (Lipinski definition) is 3. The fourth-order valence-electron chi connectivity index (χ4n) is 3.01. The van der Waals surface area contributed by atoms with E-state index in [0.29, 0.717) is 6.04 Å². The first-order valence-electron chi connectivity index (χ1n) is 6.71. The molecule has 0 aromatic heterocycles. The van der Waals surface area contributed by atoms with Gasteiger partial charge in [0.15, 0.2) is 0 Å². The molecule has 1 aromatic rings. The topological polar surface area (TPSA) is 18.5 Å². The van der Waals surface area contributed by atoms with Crippen LogP contribution in [0.25, 0.3) is 0 Å². The van der Waals surface area contributed by atoms with E-state index in [-0.39, 0.29) is 0 Å². The third kappa shape index (κ3) is 1.89. The lowest BCUT2D eigenvalue weighted by Crippen LogP contribution is -2.44. The predicted octanol–water partition coefficient (Wildman–Crippen LogP) is 2.04. The van der Waals surface area contributed by atoms with Gasteiger partial charge in [-0.1, -0.05) is 12.1 Å². The lowest BCUT2D eigenvalue weighted by atomic mass is 10.0. The summed E-state index contributed by atoms with van der Waals surface area (Å²) in [5.74, 6) is 0. The van der Waals surface area contributed by atoms with Gasteiger partial charge in [-0.05, 0) is 45.0 Å². The number of piperidine rings is 1. The molecule has 2 aliphatic rings. The monoisotopic (exact) mass is 231 g/mol. The summed E-state index contributed by atoms with van der Waals surface area (Å²) < 4.78 is 0. The average molecular weight is 231 g/mol. The molecule has 1 fully saturated rings. The van der Waals surface area contributed by atoms with Crippen LogP contribution in [0.15, 0.2) is 24.3 Å². The minimum atomic E-state index is 0.717. The zero-order chi connectivity index (χ0) is 11.7. The minimum absolute atomic E-state index is 0.717. The van der Waals surface area contributed by atoms with Gasteiger partial charge < -0.3 is 15.1 Å². The molecule has 1 saturated heterocycles. The van der Waals surface area contributed by atoms with Crippen molar-refractivity contribution in [3.8, 4) is 0 Å². The summed E-state index contributed by atoms with van der Waals surface area (Å²) >= 11 is 0. The molecule has 3 heteroatoms. The van der Waals surface area contributed by atoms with Crippen LogP contribution in [-0.4, -0.2) is 32.3 Å². The van der Waals surface area contributed by atoms with E-state index >= 15 is 0 Å². The van der Waals surface area contributed by atoms with Crippen LogP contribution in [-0.2, 0) is 0 Å². The van der Waals surface area contributed by atoms with E-state index in [1.54, 1.807) is 0 Å². The largest absolute Gasteiger partial charge is 0.352 e. The normalized spacial score (nSPS) is 20.8. The molecule has 92 valence electrons. The van der Waals surface area contributed by atoms with Crippen molar-refractivity contribution in [3.05, 3.63) is 24.3 Å². The van der Waals surface area contributed by atoms with Gasteiger partial charge in [0.1, 0.15) is 0 Å². The molecule has 0 aliphatic carbocycles. The molecule has 2 aliphatic heterocycles. The Morgan fingerprint density at radius 3 is 2.59 bits per heavy atom. The van der Waals surface area contributed by atoms with Gasteiger partial charge >= 0.3 is 0 Å². The van der Waals surface area contributed by atoms with E-state index in [4.69, 9.17) is 0 Å². The molecular weight excluding hydrogens is 210 g/mol. The molecule has 0 atom stereocenters. The average Bonchev–Trinajstić information content (AvgIpc) is 2.78. The van der Waals surface area contributed by atoms with Crippen molar-refractivity contribution in [1.29, 1.82) is 0 Å². The zero-order valence-corrected chi connectivity index (χ0v) is 10.5. The molecule has 1 N–H and O–H groups in total. The summed E-state index contributed by atoms with van der Waals surface area (Å²) in [5.41, 5.74) is 2.84. The Hall–Kier alpha value is -1.22. The fraction of sp³-hybridized carbons (Fsp3) is 0.571. The second-order valence-electron chi connectivity index (χ2n) is 4.94. The van der Waals surface area contributed by atoms with E-state index in [9.17, 15) is 0 Å². The SMILES string of the molecule is CCN1CN(C2CCNCC2)c2ccccc21. The molecule has 0 saturated carbocycles. The lowest BCUT2D eigenvalue weighted by Gasteiger charge is -2.33. The van der Waals surface area contributed by atoms with Gasteiger partial charge in [-0.2, -0.15) is 0 Å². The quantitative estimate of drug-likeness (QED) is 0.840. The van der Waals surface area contributed by atoms with Crippen LogP contribution in [0.5, 0.6) is 0 Å². The first kappa shape index (κ1) is 10.9. The summed E-state index contributed by atoms with van der Waals surface area (Å²) in [6, 6.07) is 9.54. The van der Waals surface area contributed by atoms with Crippen molar-refractivity contribution < 1.29 is 0 Å². The summed E-state index contributed by atoms with van der Waals surface area (Å²) in [6.45, 7) is 6.73. The van der Waals surface area contributed by atoms with Gasteiger partial charge in [-0.25, -0.2) is 0 Å². The van der Waals surface area contributed by atoms with Gasteiger partial charge in [0.2, 0.25) is 0 Å². The molecule has 3 nitrogen and oxygen atoms in total. The molecule has 0 bridgehead atoms. The number of para-hydroxylation sites is 2. The van der Waals surface area contributed by atoms with Crippen LogP contribution in [0.3, 0.4) is 0 Å². The third-order valence-corrected chi connectivity index (χ3v) is 3.99. The molecule has 0 amide bonds. The molecule has 0 radical (unpaired) electrons. The molecule has 2 heterocycles. The Balaban J connectivity index is 1.87. The van der Waals surface area contributed by atoms with Crippen molar-refractivity contribution in [2.45, 2.75) is 25.8 Å². The van der Waals surface area contributed by atoms with Crippen molar-refractivity contribution in [3.63, 3.8) is 0 Å². The summed E-state index contributed by atoms with van der Waals surface area (Å²) in [5, 5.41) is 3.45. The van der Waals surface area contributed by atoms with Gasteiger partial charge in [-0.15, -0.1) is 0 Å². The maximum Gasteiger partial charge on any atom is 0.0906 e. The highest BCUT2D eigenvalue weighted by Gasteiger charge is 2.30.